The zero-order valence-corrected chi connectivity index (χ0v) is 16.3. The standard InChI is InChI=1S/C22H24N2O4/c1-14(2)13-27-22(26)15(3)23-20(25)12-16-9-10-19-18(11-16)24-21(28-19)17-7-5-4-6-8-17/h4-11,14-15H,12-13H2,1-3H3,(H,23,25)/t15-/m0/s1. The van der Waals surface area contributed by atoms with Crippen molar-refractivity contribution in [2.75, 3.05) is 6.61 Å². The second kappa shape index (κ2) is 8.69. The number of rotatable bonds is 7. The molecule has 6 nitrogen and oxygen atoms in total. The van der Waals surface area contributed by atoms with E-state index in [1.54, 1.807) is 13.0 Å². The summed E-state index contributed by atoms with van der Waals surface area (Å²) < 4.78 is 10.9. The van der Waals surface area contributed by atoms with Crippen LogP contribution in [0.1, 0.15) is 26.3 Å². The van der Waals surface area contributed by atoms with Crippen LogP contribution in [0, 0.1) is 5.92 Å². The number of amides is 1. The molecule has 146 valence electrons. The number of nitrogens with one attached hydrogen (secondary N) is 1. The first-order valence-corrected chi connectivity index (χ1v) is 9.33. The van der Waals surface area contributed by atoms with Crippen LogP contribution < -0.4 is 5.32 Å². The van der Waals surface area contributed by atoms with Crippen molar-refractivity contribution >= 4 is 23.0 Å². The minimum atomic E-state index is -0.688. The van der Waals surface area contributed by atoms with Crippen molar-refractivity contribution in [1.82, 2.24) is 10.3 Å². The maximum absolute atomic E-state index is 12.3. The fourth-order valence-electron chi connectivity index (χ4n) is 2.70. The number of esters is 1. The van der Waals surface area contributed by atoms with E-state index in [4.69, 9.17) is 9.15 Å². The van der Waals surface area contributed by atoms with Crippen molar-refractivity contribution in [3.63, 3.8) is 0 Å². The zero-order chi connectivity index (χ0) is 20.1. The molecule has 0 aliphatic rings. The number of fused-ring (bicyclic) bond motifs is 1. The number of aromatic nitrogens is 1. The molecule has 0 aliphatic heterocycles. The highest BCUT2D eigenvalue weighted by Gasteiger charge is 2.18. The summed E-state index contributed by atoms with van der Waals surface area (Å²) in [5.41, 5.74) is 3.04. The summed E-state index contributed by atoms with van der Waals surface area (Å²) in [7, 11) is 0. The van der Waals surface area contributed by atoms with E-state index in [-0.39, 0.29) is 18.2 Å². The second-order valence-electron chi connectivity index (χ2n) is 7.18. The summed E-state index contributed by atoms with van der Waals surface area (Å²) in [6, 6.07) is 14.4. The fraction of sp³-hybridized carbons (Fsp3) is 0.318. The number of nitrogens with zero attached hydrogens (tertiary/aromatic N) is 1. The van der Waals surface area contributed by atoms with E-state index in [1.165, 1.54) is 0 Å². The van der Waals surface area contributed by atoms with Crippen LogP contribution in [-0.4, -0.2) is 29.5 Å². The molecule has 1 aromatic heterocycles. The monoisotopic (exact) mass is 380 g/mol. The average molecular weight is 380 g/mol. The minimum absolute atomic E-state index is 0.144. The van der Waals surface area contributed by atoms with E-state index in [0.29, 0.717) is 23.6 Å². The molecule has 0 spiro atoms. The van der Waals surface area contributed by atoms with Crippen molar-refractivity contribution in [3.05, 3.63) is 54.1 Å². The summed E-state index contributed by atoms with van der Waals surface area (Å²) in [5, 5.41) is 2.67. The molecule has 28 heavy (non-hydrogen) atoms. The molecular formula is C22H24N2O4. The summed E-state index contributed by atoms with van der Waals surface area (Å²) in [5.74, 6) is 0.113. The number of benzene rings is 2. The molecule has 2 aromatic carbocycles. The molecule has 0 unspecified atom stereocenters. The first kappa shape index (κ1) is 19.6. The highest BCUT2D eigenvalue weighted by Crippen LogP contribution is 2.24. The Bertz CT molecular complexity index is 963. The van der Waals surface area contributed by atoms with Crippen LogP contribution in [0.5, 0.6) is 0 Å². The fourth-order valence-corrected chi connectivity index (χ4v) is 2.70. The predicted octanol–water partition coefficient (Wildman–Crippen LogP) is 3.74. The van der Waals surface area contributed by atoms with Crippen molar-refractivity contribution in [1.29, 1.82) is 0 Å². The molecule has 1 amide bonds. The van der Waals surface area contributed by atoms with Gasteiger partial charge in [0, 0.05) is 5.56 Å². The topological polar surface area (TPSA) is 81.4 Å². The van der Waals surface area contributed by atoms with Crippen LogP contribution in [0.25, 0.3) is 22.6 Å². The predicted molar refractivity (Wildman–Crippen MR) is 107 cm³/mol. The van der Waals surface area contributed by atoms with Gasteiger partial charge in [-0.1, -0.05) is 38.1 Å². The lowest BCUT2D eigenvalue weighted by atomic mass is 10.1. The van der Waals surface area contributed by atoms with Gasteiger partial charge in [0.25, 0.3) is 0 Å². The van der Waals surface area contributed by atoms with E-state index >= 15 is 0 Å². The van der Waals surface area contributed by atoms with Gasteiger partial charge in [-0.3, -0.25) is 4.79 Å². The van der Waals surface area contributed by atoms with Crippen LogP contribution in [0.4, 0.5) is 0 Å². The van der Waals surface area contributed by atoms with Gasteiger partial charge in [-0.05, 0) is 42.7 Å². The highest BCUT2D eigenvalue weighted by atomic mass is 16.5. The number of oxazole rings is 1. The van der Waals surface area contributed by atoms with Crippen LogP contribution >= 0.6 is 0 Å². The Morgan fingerprint density at radius 1 is 1.11 bits per heavy atom. The highest BCUT2D eigenvalue weighted by molar-refractivity contribution is 5.86. The van der Waals surface area contributed by atoms with Gasteiger partial charge in [0.1, 0.15) is 11.6 Å². The SMILES string of the molecule is CC(C)COC(=O)[C@H](C)NC(=O)Cc1ccc2oc(-c3ccccc3)nc2c1. The Labute approximate surface area is 163 Å². The Kier molecular flexibility index (Phi) is 6.09. The summed E-state index contributed by atoms with van der Waals surface area (Å²) in [6.07, 6.45) is 0.144. The maximum atomic E-state index is 12.3. The normalized spacial score (nSPS) is 12.1. The Morgan fingerprint density at radius 2 is 1.86 bits per heavy atom. The largest absolute Gasteiger partial charge is 0.464 e. The third kappa shape index (κ3) is 4.97. The van der Waals surface area contributed by atoms with Gasteiger partial charge in [0.05, 0.1) is 13.0 Å². The molecule has 1 heterocycles. The van der Waals surface area contributed by atoms with E-state index in [0.717, 1.165) is 11.1 Å². The molecule has 1 N–H and O–H groups in total. The van der Waals surface area contributed by atoms with Gasteiger partial charge in [0.15, 0.2) is 5.58 Å². The molecule has 0 bridgehead atoms. The lowest BCUT2D eigenvalue weighted by molar-refractivity contribution is -0.148. The van der Waals surface area contributed by atoms with E-state index in [1.807, 2.05) is 56.3 Å². The number of carbonyl (C=O) groups is 2. The molecule has 0 fully saturated rings. The maximum Gasteiger partial charge on any atom is 0.328 e. The number of hydrogen-bond donors (Lipinski definition) is 1. The first-order chi connectivity index (χ1) is 13.4. The van der Waals surface area contributed by atoms with E-state index < -0.39 is 12.0 Å². The number of hydrogen-bond acceptors (Lipinski definition) is 5. The zero-order valence-electron chi connectivity index (χ0n) is 16.3. The molecule has 6 heteroatoms. The smallest absolute Gasteiger partial charge is 0.328 e. The van der Waals surface area contributed by atoms with E-state index in [2.05, 4.69) is 10.3 Å². The first-order valence-electron chi connectivity index (χ1n) is 9.33. The summed E-state index contributed by atoms with van der Waals surface area (Å²) in [4.78, 5) is 28.7. The molecule has 0 saturated heterocycles. The quantitative estimate of drug-likeness (QED) is 0.632. The van der Waals surface area contributed by atoms with Crippen molar-refractivity contribution in [3.8, 4) is 11.5 Å². The molecule has 0 aliphatic carbocycles. The lowest BCUT2D eigenvalue weighted by Crippen LogP contribution is -2.40. The van der Waals surface area contributed by atoms with Crippen molar-refractivity contribution in [2.24, 2.45) is 5.92 Å². The van der Waals surface area contributed by atoms with Gasteiger partial charge in [-0.2, -0.15) is 0 Å². The lowest BCUT2D eigenvalue weighted by Gasteiger charge is -2.14. The molecular weight excluding hydrogens is 356 g/mol. The van der Waals surface area contributed by atoms with Crippen LogP contribution in [-0.2, 0) is 20.7 Å². The van der Waals surface area contributed by atoms with Crippen molar-refractivity contribution < 1.29 is 18.7 Å². The summed E-state index contributed by atoms with van der Waals surface area (Å²) >= 11 is 0. The summed E-state index contributed by atoms with van der Waals surface area (Å²) in [6.45, 7) is 5.87. The van der Waals surface area contributed by atoms with Gasteiger partial charge in [-0.25, -0.2) is 9.78 Å². The molecule has 3 aromatic rings. The minimum Gasteiger partial charge on any atom is -0.464 e. The number of carbonyl (C=O) groups excluding carboxylic acids is 2. The molecule has 1 atom stereocenters. The molecule has 0 saturated carbocycles. The molecule has 3 rings (SSSR count). The number of ether oxygens (including phenoxy) is 1. The van der Waals surface area contributed by atoms with Gasteiger partial charge < -0.3 is 14.5 Å². The van der Waals surface area contributed by atoms with Gasteiger partial charge >= 0.3 is 5.97 Å². The van der Waals surface area contributed by atoms with Gasteiger partial charge in [-0.15, -0.1) is 0 Å². The average Bonchev–Trinajstić information content (AvgIpc) is 3.10. The third-order valence-electron chi connectivity index (χ3n) is 4.13. The Morgan fingerprint density at radius 3 is 2.57 bits per heavy atom. The van der Waals surface area contributed by atoms with Crippen LogP contribution in [0.15, 0.2) is 52.9 Å². The van der Waals surface area contributed by atoms with Gasteiger partial charge in [0.2, 0.25) is 11.8 Å². The second-order valence-corrected chi connectivity index (χ2v) is 7.18. The van der Waals surface area contributed by atoms with Crippen molar-refractivity contribution in [2.45, 2.75) is 33.2 Å². The van der Waals surface area contributed by atoms with Crippen LogP contribution in [0.3, 0.4) is 0 Å². The Hall–Kier alpha value is -3.15. The molecule has 0 radical (unpaired) electrons. The Balaban J connectivity index is 1.64. The van der Waals surface area contributed by atoms with Crippen LogP contribution in [0.2, 0.25) is 0 Å². The van der Waals surface area contributed by atoms with E-state index in [9.17, 15) is 9.59 Å². The third-order valence-corrected chi connectivity index (χ3v) is 4.13.